The maximum Gasteiger partial charge on any atom is 0.164 e. The number of hydrogen-bond acceptors (Lipinski definition) is 4. The van der Waals surface area contributed by atoms with E-state index in [1.165, 1.54) is 22.5 Å². The van der Waals surface area contributed by atoms with Gasteiger partial charge in [-0.1, -0.05) is 111 Å². The second-order valence-electron chi connectivity index (χ2n) is 10.6. The lowest BCUT2D eigenvalue weighted by Gasteiger charge is -2.42. The zero-order valence-corrected chi connectivity index (χ0v) is 22.5. The summed E-state index contributed by atoms with van der Waals surface area (Å²) in [6.07, 6.45) is 0. The summed E-state index contributed by atoms with van der Waals surface area (Å²) in [7, 11) is 0. The van der Waals surface area contributed by atoms with Gasteiger partial charge in [-0.3, -0.25) is 0 Å². The van der Waals surface area contributed by atoms with Gasteiger partial charge in [-0.05, 0) is 47.5 Å². The molecule has 0 aliphatic carbocycles. The fourth-order valence-corrected chi connectivity index (χ4v) is 5.64. The normalized spacial score (nSPS) is 13.4. The van der Waals surface area contributed by atoms with Gasteiger partial charge in [0.25, 0.3) is 0 Å². The highest BCUT2D eigenvalue weighted by Gasteiger charge is 2.36. The number of anilines is 3. The van der Waals surface area contributed by atoms with E-state index in [0.29, 0.717) is 17.5 Å². The van der Waals surface area contributed by atoms with Crippen molar-refractivity contribution in [3.05, 3.63) is 145 Å². The van der Waals surface area contributed by atoms with Gasteiger partial charge in [0, 0.05) is 27.8 Å². The van der Waals surface area contributed by atoms with Crippen molar-refractivity contribution in [1.29, 1.82) is 0 Å². The molecule has 4 heteroatoms. The van der Waals surface area contributed by atoms with Crippen molar-refractivity contribution in [3.63, 3.8) is 0 Å². The Morgan fingerprint density at radius 3 is 1.25 bits per heavy atom. The fraction of sp³-hybridized carbons (Fsp3) is 0.0833. The molecule has 40 heavy (non-hydrogen) atoms. The van der Waals surface area contributed by atoms with Crippen LogP contribution in [0, 0.1) is 0 Å². The molecule has 7 rings (SSSR count). The third-order valence-corrected chi connectivity index (χ3v) is 7.72. The third kappa shape index (κ3) is 4.05. The van der Waals surface area contributed by atoms with Crippen molar-refractivity contribution in [1.82, 2.24) is 15.0 Å². The van der Waals surface area contributed by atoms with Gasteiger partial charge in [0.05, 0.1) is 11.4 Å². The van der Waals surface area contributed by atoms with Gasteiger partial charge in [0.1, 0.15) is 0 Å². The van der Waals surface area contributed by atoms with E-state index in [-0.39, 0.29) is 5.41 Å². The predicted molar refractivity (Wildman–Crippen MR) is 163 cm³/mol. The first-order valence-corrected chi connectivity index (χ1v) is 13.6. The second kappa shape index (κ2) is 9.58. The van der Waals surface area contributed by atoms with Crippen molar-refractivity contribution in [2.75, 3.05) is 4.90 Å². The topological polar surface area (TPSA) is 41.9 Å². The lowest BCUT2D eigenvalue weighted by atomic mass is 9.73. The van der Waals surface area contributed by atoms with Gasteiger partial charge in [0.2, 0.25) is 0 Å². The molecule has 0 unspecified atom stereocenters. The van der Waals surface area contributed by atoms with E-state index in [4.69, 9.17) is 15.0 Å². The Bertz CT molecular complexity index is 1700. The van der Waals surface area contributed by atoms with Crippen LogP contribution in [0.4, 0.5) is 17.1 Å². The largest absolute Gasteiger partial charge is 0.310 e. The highest BCUT2D eigenvalue weighted by molar-refractivity contribution is 5.86. The molecule has 1 aliphatic heterocycles. The molecule has 0 radical (unpaired) electrons. The molecule has 6 aromatic rings. The Balaban J connectivity index is 1.34. The van der Waals surface area contributed by atoms with Crippen molar-refractivity contribution in [2.24, 2.45) is 0 Å². The SMILES string of the molecule is CC1(C)c2ccccc2N(c2ccc(-c3nc(-c4ccccc4)nc(-c4ccccc4)n3)cc2)c2ccccc21. The quantitative estimate of drug-likeness (QED) is 0.234. The molecule has 0 fully saturated rings. The third-order valence-electron chi connectivity index (χ3n) is 7.72. The van der Waals surface area contributed by atoms with Gasteiger partial charge < -0.3 is 4.90 Å². The number of para-hydroxylation sites is 2. The molecule has 0 saturated heterocycles. The van der Waals surface area contributed by atoms with Crippen LogP contribution < -0.4 is 4.90 Å². The average Bonchev–Trinajstić information content (AvgIpc) is 3.02. The molecule has 1 aliphatic rings. The summed E-state index contributed by atoms with van der Waals surface area (Å²) in [6, 6.07) is 46.1. The first-order chi connectivity index (χ1) is 19.6. The van der Waals surface area contributed by atoms with E-state index in [1.54, 1.807) is 0 Å². The molecule has 0 amide bonds. The van der Waals surface area contributed by atoms with Crippen LogP contribution in [0.3, 0.4) is 0 Å². The van der Waals surface area contributed by atoms with Gasteiger partial charge in [-0.15, -0.1) is 0 Å². The highest BCUT2D eigenvalue weighted by atomic mass is 15.2. The first-order valence-electron chi connectivity index (χ1n) is 13.6. The molecule has 0 bridgehead atoms. The number of benzene rings is 5. The van der Waals surface area contributed by atoms with Crippen molar-refractivity contribution in [2.45, 2.75) is 19.3 Å². The van der Waals surface area contributed by atoms with Crippen LogP contribution in [-0.4, -0.2) is 15.0 Å². The average molecular weight is 517 g/mol. The molecule has 5 aromatic carbocycles. The van der Waals surface area contributed by atoms with E-state index in [2.05, 4.69) is 91.5 Å². The van der Waals surface area contributed by atoms with Crippen LogP contribution in [0.5, 0.6) is 0 Å². The molecule has 0 N–H and O–H groups in total. The van der Waals surface area contributed by atoms with Crippen LogP contribution >= 0.6 is 0 Å². The van der Waals surface area contributed by atoms with Gasteiger partial charge in [-0.25, -0.2) is 15.0 Å². The number of aromatic nitrogens is 3. The predicted octanol–water partition coefficient (Wildman–Crippen LogP) is 8.98. The van der Waals surface area contributed by atoms with E-state index < -0.39 is 0 Å². The standard InChI is InChI=1S/C36H28N4/c1-36(2)29-17-9-11-19-31(29)40(32-20-12-10-18-30(32)36)28-23-21-27(22-24-28)35-38-33(25-13-5-3-6-14-25)37-34(39-35)26-15-7-4-8-16-26/h3-24H,1-2H3. The highest BCUT2D eigenvalue weighted by Crippen LogP contribution is 2.51. The molecule has 192 valence electrons. The Morgan fingerprint density at radius 2 is 0.800 bits per heavy atom. The first kappa shape index (κ1) is 24.0. The summed E-state index contributed by atoms with van der Waals surface area (Å²) in [4.78, 5) is 17.0. The molecule has 0 saturated carbocycles. The molecule has 4 nitrogen and oxygen atoms in total. The van der Waals surface area contributed by atoms with E-state index >= 15 is 0 Å². The zero-order valence-electron chi connectivity index (χ0n) is 22.5. The second-order valence-corrected chi connectivity index (χ2v) is 10.6. The minimum atomic E-state index is -0.0871. The van der Waals surface area contributed by atoms with Crippen molar-refractivity contribution < 1.29 is 0 Å². The number of hydrogen-bond donors (Lipinski definition) is 0. The smallest absolute Gasteiger partial charge is 0.164 e. The summed E-state index contributed by atoms with van der Waals surface area (Å²) in [5, 5.41) is 0. The molecular formula is C36H28N4. The van der Waals surface area contributed by atoms with Gasteiger partial charge >= 0.3 is 0 Å². The summed E-state index contributed by atoms with van der Waals surface area (Å²) in [5.74, 6) is 1.98. The summed E-state index contributed by atoms with van der Waals surface area (Å²) >= 11 is 0. The molecule has 1 aromatic heterocycles. The van der Waals surface area contributed by atoms with E-state index in [0.717, 1.165) is 22.4 Å². The minimum absolute atomic E-state index is 0.0871. The maximum atomic E-state index is 4.90. The molecular weight excluding hydrogens is 488 g/mol. The monoisotopic (exact) mass is 516 g/mol. The van der Waals surface area contributed by atoms with Crippen LogP contribution in [0.1, 0.15) is 25.0 Å². The van der Waals surface area contributed by atoms with Crippen molar-refractivity contribution in [3.8, 4) is 34.2 Å². The van der Waals surface area contributed by atoms with Crippen LogP contribution in [0.15, 0.2) is 133 Å². The van der Waals surface area contributed by atoms with Crippen LogP contribution in [0.2, 0.25) is 0 Å². The minimum Gasteiger partial charge on any atom is -0.310 e. The zero-order chi connectivity index (χ0) is 27.1. The Morgan fingerprint density at radius 1 is 0.425 bits per heavy atom. The summed E-state index contributed by atoms with van der Waals surface area (Å²) in [6.45, 7) is 4.61. The Hall–Kier alpha value is -5.09. The molecule has 0 spiro atoms. The van der Waals surface area contributed by atoms with E-state index in [9.17, 15) is 0 Å². The van der Waals surface area contributed by atoms with E-state index in [1.807, 2.05) is 60.7 Å². The summed E-state index contributed by atoms with van der Waals surface area (Å²) < 4.78 is 0. The fourth-order valence-electron chi connectivity index (χ4n) is 5.64. The number of nitrogens with zero attached hydrogens (tertiary/aromatic N) is 4. The number of fused-ring (bicyclic) bond motifs is 2. The Kier molecular flexibility index (Phi) is 5.75. The molecule has 0 atom stereocenters. The van der Waals surface area contributed by atoms with Gasteiger partial charge in [0.15, 0.2) is 17.5 Å². The summed E-state index contributed by atoms with van der Waals surface area (Å²) in [5.41, 5.74) is 8.92. The van der Waals surface area contributed by atoms with Crippen LogP contribution in [0.25, 0.3) is 34.2 Å². The van der Waals surface area contributed by atoms with Gasteiger partial charge in [-0.2, -0.15) is 0 Å². The lowest BCUT2D eigenvalue weighted by molar-refractivity contribution is 0.632. The maximum absolute atomic E-state index is 4.90. The van der Waals surface area contributed by atoms with Crippen molar-refractivity contribution >= 4 is 17.1 Å². The Labute approximate surface area is 234 Å². The van der Waals surface area contributed by atoms with Crippen LogP contribution in [-0.2, 0) is 5.41 Å². The lowest BCUT2D eigenvalue weighted by Crippen LogP contribution is -2.30. The number of rotatable bonds is 4. The molecule has 2 heterocycles.